The van der Waals surface area contributed by atoms with Crippen molar-refractivity contribution in [1.29, 1.82) is 0 Å². The molecule has 3 rings (SSSR count). The van der Waals surface area contributed by atoms with Gasteiger partial charge in [0.2, 0.25) is 17.6 Å². The molecule has 24 heavy (non-hydrogen) atoms. The summed E-state index contributed by atoms with van der Waals surface area (Å²) in [4.78, 5) is 30.2. The van der Waals surface area contributed by atoms with Crippen molar-refractivity contribution in [1.82, 2.24) is 15.0 Å². The van der Waals surface area contributed by atoms with Crippen LogP contribution in [0.3, 0.4) is 0 Å². The number of rotatable bonds is 4. The number of thiophene rings is 1. The average molecular weight is 363 g/mol. The van der Waals surface area contributed by atoms with Gasteiger partial charge in [-0.3, -0.25) is 14.5 Å². The van der Waals surface area contributed by atoms with Crippen LogP contribution in [0.5, 0.6) is 0 Å². The number of hydrogen-bond acceptors (Lipinski definition) is 7. The summed E-state index contributed by atoms with van der Waals surface area (Å²) >= 11 is 2.91. The molecule has 1 aliphatic rings. The third kappa shape index (κ3) is 3.59. The Morgan fingerprint density at radius 2 is 2.25 bits per heavy atom. The van der Waals surface area contributed by atoms with Crippen molar-refractivity contribution in [3.63, 3.8) is 0 Å². The molecular formula is C16H17N3O3S2. The van der Waals surface area contributed by atoms with Gasteiger partial charge in [-0.1, -0.05) is 37.7 Å². The molecule has 1 aliphatic heterocycles. The van der Waals surface area contributed by atoms with Crippen molar-refractivity contribution in [2.45, 2.75) is 27.3 Å². The van der Waals surface area contributed by atoms with Crippen LogP contribution in [-0.2, 0) is 16.1 Å². The van der Waals surface area contributed by atoms with Crippen molar-refractivity contribution in [2.75, 3.05) is 5.75 Å². The molecule has 0 aliphatic carbocycles. The summed E-state index contributed by atoms with van der Waals surface area (Å²) in [5, 5.41) is 8.44. The maximum absolute atomic E-state index is 12.2. The first kappa shape index (κ1) is 16.9. The highest BCUT2D eigenvalue weighted by atomic mass is 32.2. The Balaban J connectivity index is 1.78. The predicted octanol–water partition coefficient (Wildman–Crippen LogP) is 3.33. The van der Waals surface area contributed by atoms with Gasteiger partial charge in [-0.2, -0.15) is 16.3 Å². The summed E-state index contributed by atoms with van der Waals surface area (Å²) in [5.41, 5.74) is 0.400. The fourth-order valence-corrected chi connectivity index (χ4v) is 3.57. The molecular weight excluding hydrogens is 346 g/mol. The first-order valence-corrected chi connectivity index (χ1v) is 9.32. The van der Waals surface area contributed by atoms with Crippen LogP contribution in [0.1, 0.15) is 26.7 Å². The Labute approximate surface area is 147 Å². The minimum absolute atomic E-state index is 0.0193. The van der Waals surface area contributed by atoms with E-state index >= 15 is 0 Å². The van der Waals surface area contributed by atoms with E-state index in [-0.39, 0.29) is 18.2 Å². The number of carbonyl (C=O) groups is 2. The second-order valence-corrected chi connectivity index (χ2v) is 8.16. The standard InChI is InChI=1S/C16H17N3O3S2/c1-16(2,3)11(20)6-14-19(13(21)9-24-14)7-12-17-15(18-22-12)10-4-5-23-8-10/h4-6,8H,7,9H2,1-3H3/b14-6-. The smallest absolute Gasteiger partial charge is 0.247 e. The second kappa shape index (κ2) is 6.52. The molecule has 0 saturated carbocycles. The van der Waals surface area contributed by atoms with Crippen molar-refractivity contribution >= 4 is 34.8 Å². The van der Waals surface area contributed by atoms with Gasteiger partial charge < -0.3 is 4.52 Å². The molecule has 0 spiro atoms. The molecule has 6 nitrogen and oxygen atoms in total. The van der Waals surface area contributed by atoms with Crippen LogP contribution in [0.15, 0.2) is 32.5 Å². The Morgan fingerprint density at radius 3 is 2.92 bits per heavy atom. The van der Waals surface area contributed by atoms with Gasteiger partial charge in [0.05, 0.1) is 10.8 Å². The first-order valence-electron chi connectivity index (χ1n) is 7.39. The fraction of sp³-hybridized carbons (Fsp3) is 0.375. The van der Waals surface area contributed by atoms with E-state index < -0.39 is 5.41 Å². The Morgan fingerprint density at radius 1 is 1.46 bits per heavy atom. The van der Waals surface area contributed by atoms with E-state index in [4.69, 9.17) is 4.52 Å². The highest BCUT2D eigenvalue weighted by molar-refractivity contribution is 8.04. The Hall–Kier alpha value is -1.93. The molecule has 1 saturated heterocycles. The van der Waals surface area contributed by atoms with Gasteiger partial charge in [0, 0.05) is 22.4 Å². The van der Waals surface area contributed by atoms with Crippen LogP contribution < -0.4 is 0 Å². The maximum Gasteiger partial charge on any atom is 0.247 e. The first-order chi connectivity index (χ1) is 11.3. The van der Waals surface area contributed by atoms with Crippen LogP contribution in [0.4, 0.5) is 0 Å². The quantitative estimate of drug-likeness (QED) is 0.776. The maximum atomic E-state index is 12.2. The number of aromatic nitrogens is 2. The van der Waals surface area contributed by atoms with Gasteiger partial charge >= 0.3 is 0 Å². The van der Waals surface area contributed by atoms with E-state index in [1.807, 2.05) is 37.6 Å². The Bertz CT molecular complexity index is 788. The van der Waals surface area contributed by atoms with Crippen molar-refractivity contribution in [3.05, 3.63) is 33.8 Å². The molecule has 1 amide bonds. The molecule has 0 bridgehead atoms. The minimum atomic E-state index is -0.485. The molecule has 8 heteroatoms. The van der Waals surface area contributed by atoms with E-state index in [0.717, 1.165) is 5.56 Å². The number of ketones is 1. The lowest BCUT2D eigenvalue weighted by Gasteiger charge is -2.17. The predicted molar refractivity (Wildman–Crippen MR) is 93.2 cm³/mol. The molecule has 1 fully saturated rings. The van der Waals surface area contributed by atoms with E-state index in [9.17, 15) is 9.59 Å². The molecule has 126 valence electrons. The molecule has 0 N–H and O–H groups in total. The zero-order valence-corrected chi connectivity index (χ0v) is 15.2. The summed E-state index contributed by atoms with van der Waals surface area (Å²) < 4.78 is 5.25. The van der Waals surface area contributed by atoms with Gasteiger partial charge in [0.1, 0.15) is 6.54 Å². The SMILES string of the molecule is CC(C)(C)C(=O)/C=C1\SCC(=O)N1Cc1nc(-c2ccsc2)no1. The van der Waals surface area contributed by atoms with E-state index in [1.165, 1.54) is 22.7 Å². The van der Waals surface area contributed by atoms with Gasteiger partial charge in [-0.15, -0.1) is 0 Å². The number of hydrogen-bond donors (Lipinski definition) is 0. The summed E-state index contributed by atoms with van der Waals surface area (Å²) in [6.45, 7) is 5.72. The largest absolute Gasteiger partial charge is 0.337 e. The van der Waals surface area contributed by atoms with Crippen molar-refractivity contribution in [2.24, 2.45) is 5.41 Å². The van der Waals surface area contributed by atoms with Crippen LogP contribution >= 0.6 is 23.1 Å². The van der Waals surface area contributed by atoms with Gasteiger partial charge in [-0.05, 0) is 11.4 Å². The summed E-state index contributed by atoms with van der Waals surface area (Å²) in [6.07, 6.45) is 1.53. The Kier molecular flexibility index (Phi) is 4.60. The van der Waals surface area contributed by atoms with Crippen LogP contribution in [-0.4, -0.2) is 32.5 Å². The van der Waals surface area contributed by atoms with Crippen LogP contribution in [0.25, 0.3) is 11.4 Å². The zero-order valence-electron chi connectivity index (χ0n) is 13.6. The monoisotopic (exact) mass is 363 g/mol. The second-order valence-electron chi connectivity index (χ2n) is 6.39. The number of amides is 1. The van der Waals surface area contributed by atoms with E-state index in [1.54, 1.807) is 11.3 Å². The number of allylic oxidation sites excluding steroid dienone is 1. The highest BCUT2D eigenvalue weighted by Crippen LogP contribution is 2.32. The molecule has 2 aromatic heterocycles. The third-order valence-corrected chi connectivity index (χ3v) is 5.15. The lowest BCUT2D eigenvalue weighted by Crippen LogP contribution is -2.26. The number of nitrogens with zero attached hydrogens (tertiary/aromatic N) is 3. The molecule has 0 unspecified atom stereocenters. The summed E-state index contributed by atoms with van der Waals surface area (Å²) in [6, 6.07) is 1.91. The summed E-state index contributed by atoms with van der Waals surface area (Å²) in [5.74, 6) is 1.08. The molecule has 0 atom stereocenters. The summed E-state index contributed by atoms with van der Waals surface area (Å²) in [7, 11) is 0. The highest BCUT2D eigenvalue weighted by Gasteiger charge is 2.30. The van der Waals surface area contributed by atoms with Crippen LogP contribution in [0.2, 0.25) is 0 Å². The molecule has 0 radical (unpaired) electrons. The minimum Gasteiger partial charge on any atom is -0.337 e. The third-order valence-electron chi connectivity index (χ3n) is 3.45. The lowest BCUT2D eigenvalue weighted by atomic mass is 9.91. The number of carbonyl (C=O) groups excluding carboxylic acids is 2. The van der Waals surface area contributed by atoms with Crippen molar-refractivity contribution in [3.8, 4) is 11.4 Å². The van der Waals surface area contributed by atoms with Crippen molar-refractivity contribution < 1.29 is 14.1 Å². The number of thioether (sulfide) groups is 1. The van der Waals surface area contributed by atoms with Gasteiger partial charge in [0.25, 0.3) is 0 Å². The van der Waals surface area contributed by atoms with E-state index in [2.05, 4.69) is 10.1 Å². The average Bonchev–Trinajstić information content (AvgIpc) is 3.22. The van der Waals surface area contributed by atoms with Gasteiger partial charge in [0.15, 0.2) is 5.78 Å². The van der Waals surface area contributed by atoms with Crippen LogP contribution in [0, 0.1) is 5.41 Å². The van der Waals surface area contributed by atoms with Gasteiger partial charge in [-0.25, -0.2) is 0 Å². The molecule has 3 heterocycles. The zero-order chi connectivity index (χ0) is 17.3. The molecule has 0 aromatic carbocycles. The fourth-order valence-electron chi connectivity index (χ4n) is 1.99. The normalized spacial score (nSPS) is 17.0. The lowest BCUT2D eigenvalue weighted by molar-refractivity contribution is -0.126. The topological polar surface area (TPSA) is 76.3 Å². The molecule has 2 aromatic rings. The van der Waals surface area contributed by atoms with E-state index in [0.29, 0.717) is 22.5 Å².